The number of hydrogen-bond acceptors (Lipinski definition) is 8. The van der Waals surface area contributed by atoms with Crippen molar-refractivity contribution >= 4 is 23.3 Å². The second kappa shape index (κ2) is 21.1. The van der Waals surface area contributed by atoms with Gasteiger partial charge in [0.25, 0.3) is 0 Å². The first-order chi connectivity index (χ1) is 19.2. The van der Waals surface area contributed by atoms with Crippen LogP contribution in [0.4, 0.5) is 17.3 Å². The number of nitrogens with one attached hydrogen (secondary N) is 2. The van der Waals surface area contributed by atoms with E-state index >= 15 is 0 Å². The first-order valence-corrected chi connectivity index (χ1v) is 14.0. The lowest BCUT2D eigenvalue weighted by atomic mass is 10.1. The number of nitrogens with zero attached hydrogens (tertiary/aromatic N) is 4. The van der Waals surface area contributed by atoms with Gasteiger partial charge >= 0.3 is 5.97 Å². The number of hydrogen-bond donors (Lipinski definition) is 3. The highest BCUT2D eigenvalue weighted by atomic mass is 16.5. The van der Waals surface area contributed by atoms with Gasteiger partial charge in [-0.1, -0.05) is 56.7 Å². The standard InChI is InChI=1S/C18H29N7O2.C9H12.C2H6.C2H4/c1-6-13(8-7-9-25(4)5)27-18(26)16-15(19)17(21-12(3)20-16)22-14-10-11(2)23-24-14;1-9-7-5-3-2-4-6-8-9;2*1-2/h10,13H,6-9,19H2,1-5H3,(H2,20,21,22,23,24);2-5,7H,6,8H2,1H3;1-2H3;1-2H2/b;4-2-,5-3-,9-7-;;. The fraction of sp³-hybridized carbons (Fsp3) is 0.484. The molecule has 0 aromatic carbocycles. The number of aromatic amines is 1. The van der Waals surface area contributed by atoms with Gasteiger partial charge in [-0.25, -0.2) is 14.8 Å². The lowest BCUT2D eigenvalue weighted by Gasteiger charge is -2.18. The van der Waals surface area contributed by atoms with Gasteiger partial charge in [0.05, 0.1) is 0 Å². The number of anilines is 3. The number of H-pyrrole nitrogens is 1. The van der Waals surface area contributed by atoms with Crippen LogP contribution >= 0.6 is 0 Å². The summed E-state index contributed by atoms with van der Waals surface area (Å²) in [4.78, 5) is 23.2. The topological polar surface area (TPSA) is 122 Å². The van der Waals surface area contributed by atoms with Crippen LogP contribution in [-0.4, -0.2) is 57.8 Å². The Balaban J connectivity index is 0.000000974. The Bertz CT molecular complexity index is 1090. The first kappa shape index (κ1) is 36.3. The van der Waals surface area contributed by atoms with Crippen LogP contribution in [0.2, 0.25) is 0 Å². The normalized spacial score (nSPS) is 15.6. The second-order valence-electron chi connectivity index (χ2n) is 9.19. The highest BCUT2D eigenvalue weighted by Crippen LogP contribution is 2.24. The molecule has 2 heterocycles. The summed E-state index contributed by atoms with van der Waals surface area (Å²) in [6, 6.07) is 1.81. The lowest BCUT2D eigenvalue weighted by Crippen LogP contribution is -2.22. The number of aromatic nitrogens is 4. The molecule has 0 radical (unpaired) electrons. The molecule has 0 spiro atoms. The van der Waals surface area contributed by atoms with Gasteiger partial charge in [0.2, 0.25) is 0 Å². The molecule has 1 unspecified atom stereocenters. The van der Waals surface area contributed by atoms with Crippen molar-refractivity contribution in [1.82, 2.24) is 25.1 Å². The van der Waals surface area contributed by atoms with Crippen LogP contribution in [0.3, 0.4) is 0 Å². The van der Waals surface area contributed by atoms with Crippen LogP contribution in [-0.2, 0) is 4.74 Å². The maximum absolute atomic E-state index is 12.6. The molecule has 0 aliphatic heterocycles. The number of allylic oxidation sites excluding steroid dienone is 6. The minimum atomic E-state index is -0.532. The van der Waals surface area contributed by atoms with E-state index in [1.807, 2.05) is 47.9 Å². The molecule has 0 fully saturated rings. The number of esters is 1. The number of rotatable bonds is 9. The Kier molecular flexibility index (Phi) is 19.2. The van der Waals surface area contributed by atoms with E-state index in [-0.39, 0.29) is 17.5 Å². The molecule has 0 saturated carbocycles. The fourth-order valence-corrected chi connectivity index (χ4v) is 3.48. The van der Waals surface area contributed by atoms with Crippen molar-refractivity contribution in [2.24, 2.45) is 0 Å². The summed E-state index contributed by atoms with van der Waals surface area (Å²) in [5.41, 5.74) is 8.71. The van der Waals surface area contributed by atoms with Gasteiger partial charge in [-0.15, -0.1) is 13.2 Å². The minimum Gasteiger partial charge on any atom is -0.458 e. The number of carbonyl (C=O) groups is 1. The molecule has 9 nitrogen and oxygen atoms in total. The van der Waals surface area contributed by atoms with E-state index in [2.05, 4.69) is 80.8 Å². The van der Waals surface area contributed by atoms with Crippen LogP contribution in [0.1, 0.15) is 81.8 Å². The first-order valence-electron chi connectivity index (χ1n) is 14.0. The molecule has 1 aliphatic carbocycles. The summed E-state index contributed by atoms with van der Waals surface area (Å²) in [5, 5.41) is 9.93. The zero-order valence-electron chi connectivity index (χ0n) is 25.9. The van der Waals surface area contributed by atoms with Crippen LogP contribution in [0.5, 0.6) is 0 Å². The third-order valence-corrected chi connectivity index (χ3v) is 5.51. The fourth-order valence-electron chi connectivity index (χ4n) is 3.48. The number of ether oxygens (including phenoxy) is 1. The predicted molar refractivity (Wildman–Crippen MR) is 169 cm³/mol. The molecule has 4 N–H and O–H groups in total. The Morgan fingerprint density at radius 2 is 1.88 bits per heavy atom. The van der Waals surface area contributed by atoms with Crippen LogP contribution < -0.4 is 11.1 Å². The summed E-state index contributed by atoms with van der Waals surface area (Å²) >= 11 is 0. The van der Waals surface area contributed by atoms with Gasteiger partial charge in [-0.2, -0.15) is 5.10 Å². The molecule has 222 valence electrons. The summed E-state index contributed by atoms with van der Waals surface area (Å²) in [6.07, 6.45) is 15.3. The van der Waals surface area contributed by atoms with E-state index in [1.165, 1.54) is 18.4 Å². The maximum atomic E-state index is 12.6. The molecule has 3 rings (SSSR count). The highest BCUT2D eigenvalue weighted by molar-refractivity contribution is 5.96. The van der Waals surface area contributed by atoms with Crippen molar-refractivity contribution in [3.63, 3.8) is 0 Å². The van der Waals surface area contributed by atoms with E-state index in [0.29, 0.717) is 17.5 Å². The molecule has 0 bridgehead atoms. The Morgan fingerprint density at radius 1 is 1.18 bits per heavy atom. The van der Waals surface area contributed by atoms with Crippen LogP contribution in [0, 0.1) is 13.8 Å². The monoisotopic (exact) mass is 553 g/mol. The Hall–Kier alpha value is -3.72. The van der Waals surface area contributed by atoms with Crippen LogP contribution in [0.25, 0.3) is 0 Å². The SMILES string of the molecule is C/C1=C/C=C\C=C/CC1.C=C.CC.CCC(CCCN(C)C)OC(=O)c1nc(C)nc(Nc2cc(C)[nH]n2)c1N. The molecule has 1 aliphatic rings. The summed E-state index contributed by atoms with van der Waals surface area (Å²) in [7, 11) is 4.04. The molecule has 0 amide bonds. The van der Waals surface area contributed by atoms with E-state index in [1.54, 1.807) is 6.92 Å². The molecule has 0 saturated heterocycles. The number of nitrogen functional groups attached to an aromatic ring is 1. The molecule has 2 aromatic rings. The average Bonchev–Trinajstić information content (AvgIpc) is 3.34. The lowest BCUT2D eigenvalue weighted by molar-refractivity contribution is 0.0259. The highest BCUT2D eigenvalue weighted by Gasteiger charge is 2.22. The van der Waals surface area contributed by atoms with E-state index < -0.39 is 5.97 Å². The maximum Gasteiger partial charge on any atom is 0.359 e. The summed E-state index contributed by atoms with van der Waals surface area (Å²) in [6.45, 7) is 18.7. The zero-order chi connectivity index (χ0) is 30.5. The van der Waals surface area contributed by atoms with Gasteiger partial charge in [0.1, 0.15) is 17.6 Å². The average molecular weight is 554 g/mol. The van der Waals surface area contributed by atoms with Crippen molar-refractivity contribution in [2.75, 3.05) is 31.7 Å². The second-order valence-corrected chi connectivity index (χ2v) is 9.19. The molecular formula is C31H51N7O2. The van der Waals surface area contributed by atoms with E-state index in [9.17, 15) is 4.79 Å². The van der Waals surface area contributed by atoms with E-state index in [0.717, 1.165) is 31.5 Å². The number of nitrogens with two attached hydrogens (primary N) is 1. The number of carbonyl (C=O) groups excluding carboxylic acids is 1. The third kappa shape index (κ3) is 14.4. The predicted octanol–water partition coefficient (Wildman–Crippen LogP) is 7.09. The van der Waals surface area contributed by atoms with Crippen molar-refractivity contribution in [3.05, 3.63) is 72.4 Å². The quantitative estimate of drug-likeness (QED) is 0.222. The van der Waals surface area contributed by atoms with Crippen molar-refractivity contribution in [1.29, 1.82) is 0 Å². The summed E-state index contributed by atoms with van der Waals surface area (Å²) < 4.78 is 5.64. The Morgan fingerprint density at radius 3 is 2.48 bits per heavy atom. The molecular weight excluding hydrogens is 502 g/mol. The molecule has 9 heteroatoms. The third-order valence-electron chi connectivity index (χ3n) is 5.51. The van der Waals surface area contributed by atoms with Gasteiger partial charge in [-0.05, 0) is 73.5 Å². The van der Waals surface area contributed by atoms with E-state index in [4.69, 9.17) is 10.5 Å². The Labute approximate surface area is 241 Å². The van der Waals surface area contributed by atoms with Gasteiger partial charge < -0.3 is 20.7 Å². The minimum absolute atomic E-state index is 0.0725. The van der Waals surface area contributed by atoms with Gasteiger partial charge in [0, 0.05) is 11.8 Å². The van der Waals surface area contributed by atoms with Gasteiger partial charge in [0.15, 0.2) is 17.3 Å². The smallest absolute Gasteiger partial charge is 0.359 e. The number of aryl methyl sites for hydroxylation is 2. The van der Waals surface area contributed by atoms with Crippen LogP contribution in [0.15, 0.2) is 55.2 Å². The molecule has 40 heavy (non-hydrogen) atoms. The van der Waals surface area contributed by atoms with Crippen molar-refractivity contribution in [2.45, 2.75) is 79.8 Å². The summed E-state index contributed by atoms with van der Waals surface area (Å²) in [5.74, 6) is 0.788. The van der Waals surface area contributed by atoms with Gasteiger partial charge in [-0.3, -0.25) is 5.10 Å². The molecule has 1 atom stereocenters. The largest absolute Gasteiger partial charge is 0.458 e. The van der Waals surface area contributed by atoms with Crippen molar-refractivity contribution < 1.29 is 9.53 Å². The zero-order valence-corrected chi connectivity index (χ0v) is 25.9. The van der Waals surface area contributed by atoms with Crippen molar-refractivity contribution in [3.8, 4) is 0 Å². The molecule has 2 aromatic heterocycles.